The van der Waals surface area contributed by atoms with Gasteiger partial charge in [-0.1, -0.05) is 184 Å². The SMILES string of the molecule is CC1(C)c2ccccc2-c2c(N(c3cc(-c4ccccc4)cc(-c4ccccc4)c3)c3ccc4c(c3)-c3ccccc3C43c4ccccc4-c4cc5oc6ccccc6c5cc43)cccc21. The highest BCUT2D eigenvalue weighted by atomic mass is 16.3. The third kappa shape index (κ3) is 5.01. The summed E-state index contributed by atoms with van der Waals surface area (Å²) in [5.74, 6) is 0. The predicted molar refractivity (Wildman–Crippen MR) is 273 cm³/mol. The molecule has 1 atom stereocenters. The summed E-state index contributed by atoms with van der Waals surface area (Å²) in [6.07, 6.45) is 0. The number of hydrogen-bond acceptors (Lipinski definition) is 2. The first kappa shape index (κ1) is 37.2. The van der Waals surface area contributed by atoms with Crippen LogP contribution in [0.4, 0.5) is 17.1 Å². The lowest BCUT2D eigenvalue weighted by molar-refractivity contribution is 0.660. The zero-order valence-corrected chi connectivity index (χ0v) is 36.7. The van der Waals surface area contributed by atoms with Crippen molar-refractivity contribution in [1.82, 2.24) is 0 Å². The normalized spacial score (nSPS) is 15.6. The van der Waals surface area contributed by atoms with E-state index in [4.69, 9.17) is 4.42 Å². The molecular formula is C64H43NO. The second-order valence-electron chi connectivity index (χ2n) is 18.8. The van der Waals surface area contributed by atoms with Gasteiger partial charge in [-0.2, -0.15) is 0 Å². The number of nitrogens with zero attached hydrogens (tertiary/aromatic N) is 1. The molecule has 0 N–H and O–H groups in total. The third-order valence-electron chi connectivity index (χ3n) is 15.0. The van der Waals surface area contributed by atoms with Gasteiger partial charge in [0.25, 0.3) is 0 Å². The highest BCUT2D eigenvalue weighted by Crippen LogP contribution is 2.64. The van der Waals surface area contributed by atoms with E-state index >= 15 is 0 Å². The summed E-state index contributed by atoms with van der Waals surface area (Å²) in [4.78, 5) is 2.54. The molecule has 1 aromatic heterocycles. The summed E-state index contributed by atoms with van der Waals surface area (Å²) in [6.45, 7) is 4.75. The van der Waals surface area contributed by atoms with Crippen LogP contribution in [0, 0.1) is 0 Å². The summed E-state index contributed by atoms with van der Waals surface area (Å²) in [5.41, 5.74) is 24.8. The Morgan fingerprint density at radius 1 is 0.333 bits per heavy atom. The molecular weight excluding hydrogens is 799 g/mol. The van der Waals surface area contributed by atoms with Gasteiger partial charge in [-0.05, 0) is 138 Å². The van der Waals surface area contributed by atoms with Crippen molar-refractivity contribution in [1.29, 1.82) is 0 Å². The number of hydrogen-bond donors (Lipinski definition) is 0. The minimum Gasteiger partial charge on any atom is -0.456 e. The quantitative estimate of drug-likeness (QED) is 0.172. The Labute approximate surface area is 384 Å². The number of anilines is 3. The molecule has 1 heterocycles. The molecule has 0 aliphatic heterocycles. The average molecular weight is 842 g/mol. The fourth-order valence-electron chi connectivity index (χ4n) is 12.2. The molecule has 0 bridgehead atoms. The van der Waals surface area contributed by atoms with Crippen LogP contribution in [0.2, 0.25) is 0 Å². The fourth-order valence-corrected chi connectivity index (χ4v) is 12.2. The third-order valence-corrected chi connectivity index (χ3v) is 15.0. The Morgan fingerprint density at radius 3 is 1.59 bits per heavy atom. The molecule has 14 rings (SSSR count). The van der Waals surface area contributed by atoms with Gasteiger partial charge in [0.15, 0.2) is 0 Å². The molecule has 1 unspecified atom stereocenters. The van der Waals surface area contributed by atoms with Crippen LogP contribution in [0.3, 0.4) is 0 Å². The number of benzene rings is 10. The van der Waals surface area contributed by atoms with E-state index in [1.165, 1.54) is 94.7 Å². The summed E-state index contributed by atoms with van der Waals surface area (Å²) in [6, 6.07) is 83.4. The average Bonchev–Trinajstić information content (AvgIpc) is 4.05. The van der Waals surface area contributed by atoms with Crippen LogP contribution in [0.25, 0.3) is 77.6 Å². The number of fused-ring (bicyclic) bond motifs is 16. The topological polar surface area (TPSA) is 16.4 Å². The molecule has 11 aromatic rings. The molecule has 0 fully saturated rings. The minimum atomic E-state index is -0.515. The van der Waals surface area contributed by atoms with Crippen molar-refractivity contribution in [3.05, 3.63) is 258 Å². The van der Waals surface area contributed by atoms with Crippen LogP contribution in [0.5, 0.6) is 0 Å². The van der Waals surface area contributed by atoms with Crippen LogP contribution in [0.1, 0.15) is 47.2 Å². The largest absolute Gasteiger partial charge is 0.456 e. The second kappa shape index (κ2) is 13.7. The van der Waals surface area contributed by atoms with Gasteiger partial charge < -0.3 is 9.32 Å². The molecule has 0 radical (unpaired) electrons. The first-order chi connectivity index (χ1) is 32.5. The van der Waals surface area contributed by atoms with Crippen molar-refractivity contribution < 1.29 is 4.42 Å². The molecule has 1 spiro atoms. The summed E-state index contributed by atoms with van der Waals surface area (Å²) in [7, 11) is 0. The number of furan rings is 1. The molecule has 310 valence electrons. The van der Waals surface area contributed by atoms with Gasteiger partial charge in [-0.25, -0.2) is 0 Å². The van der Waals surface area contributed by atoms with E-state index in [1.54, 1.807) is 0 Å². The van der Waals surface area contributed by atoms with Crippen molar-refractivity contribution in [3.8, 4) is 55.6 Å². The Balaban J connectivity index is 1.06. The molecule has 3 aliphatic carbocycles. The fraction of sp³-hybridized carbons (Fsp3) is 0.0625. The monoisotopic (exact) mass is 841 g/mol. The van der Waals surface area contributed by atoms with E-state index in [0.29, 0.717) is 0 Å². The zero-order chi connectivity index (χ0) is 43.7. The van der Waals surface area contributed by atoms with E-state index < -0.39 is 5.41 Å². The van der Waals surface area contributed by atoms with Gasteiger partial charge in [0.05, 0.1) is 11.1 Å². The summed E-state index contributed by atoms with van der Waals surface area (Å²) >= 11 is 0. The van der Waals surface area contributed by atoms with Crippen molar-refractivity contribution in [2.75, 3.05) is 4.90 Å². The highest BCUT2D eigenvalue weighted by Gasteiger charge is 2.52. The van der Waals surface area contributed by atoms with Crippen LogP contribution in [-0.4, -0.2) is 0 Å². The van der Waals surface area contributed by atoms with E-state index in [1.807, 2.05) is 0 Å². The van der Waals surface area contributed by atoms with Crippen LogP contribution >= 0.6 is 0 Å². The van der Waals surface area contributed by atoms with E-state index in [9.17, 15) is 0 Å². The van der Waals surface area contributed by atoms with Crippen LogP contribution < -0.4 is 4.90 Å². The van der Waals surface area contributed by atoms with Gasteiger partial charge in [0, 0.05) is 33.1 Å². The van der Waals surface area contributed by atoms with Gasteiger partial charge in [-0.3, -0.25) is 0 Å². The molecule has 3 aliphatic rings. The number of para-hydroxylation sites is 1. The molecule has 2 heteroatoms. The Morgan fingerprint density at radius 2 is 0.894 bits per heavy atom. The predicted octanol–water partition coefficient (Wildman–Crippen LogP) is 17.0. The first-order valence-corrected chi connectivity index (χ1v) is 23.1. The molecule has 2 nitrogen and oxygen atoms in total. The molecule has 0 saturated heterocycles. The minimum absolute atomic E-state index is 0.160. The maximum atomic E-state index is 6.54. The summed E-state index contributed by atoms with van der Waals surface area (Å²) < 4.78 is 6.54. The van der Waals surface area contributed by atoms with Crippen LogP contribution in [-0.2, 0) is 10.8 Å². The molecule has 10 aromatic carbocycles. The Bertz CT molecular complexity index is 3740. The zero-order valence-electron chi connectivity index (χ0n) is 36.7. The maximum absolute atomic E-state index is 6.54. The lowest BCUT2D eigenvalue weighted by atomic mass is 9.70. The standard InChI is InChI=1S/C64H43NO/c1-63(2)53-26-13-11-25-49(53)62-57(63)29-17-30-59(62)65(45-35-42(40-18-5-3-6-19-40)34-43(36-45)41-20-7-4-8-21-41)44-32-33-56-50(37-44)46-22-9-14-27-54(46)64(56)55-28-15-10-23-47(55)51-39-61-52(38-58(51)64)48-24-12-16-31-60(48)66-61/h3-39H,1-2H3. The second-order valence-corrected chi connectivity index (χ2v) is 18.8. The maximum Gasteiger partial charge on any atom is 0.136 e. The van der Waals surface area contributed by atoms with Gasteiger partial charge in [0.2, 0.25) is 0 Å². The molecule has 66 heavy (non-hydrogen) atoms. The lowest BCUT2D eigenvalue weighted by Crippen LogP contribution is -2.25. The molecule has 0 amide bonds. The lowest BCUT2D eigenvalue weighted by Gasteiger charge is -2.32. The first-order valence-electron chi connectivity index (χ1n) is 23.1. The Kier molecular flexibility index (Phi) is 7.70. The summed E-state index contributed by atoms with van der Waals surface area (Å²) in [5, 5.41) is 2.30. The van der Waals surface area contributed by atoms with Crippen molar-refractivity contribution >= 4 is 39.0 Å². The van der Waals surface area contributed by atoms with Gasteiger partial charge >= 0.3 is 0 Å². The number of rotatable bonds is 5. The highest BCUT2D eigenvalue weighted by molar-refractivity contribution is 6.09. The van der Waals surface area contributed by atoms with Gasteiger partial charge in [-0.15, -0.1) is 0 Å². The van der Waals surface area contributed by atoms with Crippen molar-refractivity contribution in [2.24, 2.45) is 0 Å². The van der Waals surface area contributed by atoms with Crippen molar-refractivity contribution in [2.45, 2.75) is 24.7 Å². The Hall–Kier alpha value is -8.20. The van der Waals surface area contributed by atoms with Gasteiger partial charge in [0.1, 0.15) is 11.2 Å². The van der Waals surface area contributed by atoms with Crippen LogP contribution in [0.15, 0.2) is 229 Å². The van der Waals surface area contributed by atoms with E-state index in [0.717, 1.165) is 33.3 Å². The van der Waals surface area contributed by atoms with Crippen molar-refractivity contribution in [3.63, 3.8) is 0 Å². The van der Waals surface area contributed by atoms with E-state index in [2.05, 4.69) is 243 Å². The molecule has 0 saturated carbocycles. The van der Waals surface area contributed by atoms with E-state index in [-0.39, 0.29) is 5.41 Å². The smallest absolute Gasteiger partial charge is 0.136 e.